The molecule has 5 nitrogen and oxygen atoms in total. The Morgan fingerprint density at radius 3 is 3.25 bits per heavy atom. The lowest BCUT2D eigenvalue weighted by atomic mass is 10.3. The van der Waals surface area contributed by atoms with Gasteiger partial charge in [0.05, 0.1) is 18.4 Å². The van der Waals surface area contributed by atoms with Crippen LogP contribution < -0.4 is 10.6 Å². The number of hydrogen-bond acceptors (Lipinski definition) is 3. The van der Waals surface area contributed by atoms with Crippen LogP contribution in [0.25, 0.3) is 0 Å². The number of nitrogens with one attached hydrogen (secondary N) is 2. The van der Waals surface area contributed by atoms with Gasteiger partial charge in [-0.05, 0) is 6.92 Å². The minimum atomic E-state index is -0.222. The predicted molar refractivity (Wildman–Crippen MR) is 42.6 cm³/mol. The number of anilines is 1. The van der Waals surface area contributed by atoms with Gasteiger partial charge in [0.1, 0.15) is 5.69 Å². The number of nitrogens with zero attached hydrogens (tertiary/aromatic N) is 2. The zero-order valence-corrected chi connectivity index (χ0v) is 6.59. The highest BCUT2D eigenvalue weighted by molar-refractivity contribution is 5.90. The van der Waals surface area contributed by atoms with Crippen molar-refractivity contribution in [3.63, 3.8) is 0 Å². The molecule has 62 valence electrons. The topological polar surface area (TPSA) is 66.9 Å². The Kier molecular flexibility index (Phi) is 1.43. The van der Waals surface area contributed by atoms with Crippen LogP contribution in [-0.4, -0.2) is 16.0 Å². The number of hydrogen-bond donors (Lipinski definition) is 2. The number of rotatable bonds is 0. The maximum Gasteiger partial charge on any atom is 0.320 e. The van der Waals surface area contributed by atoms with Crippen LogP contribution in [0, 0.1) is 6.92 Å². The Bertz CT molecular complexity index is 336. The van der Waals surface area contributed by atoms with Gasteiger partial charge >= 0.3 is 6.03 Å². The van der Waals surface area contributed by atoms with Gasteiger partial charge in [0, 0.05) is 0 Å². The summed E-state index contributed by atoms with van der Waals surface area (Å²) < 4.78 is 0. The number of aromatic nitrogens is 2. The number of fused-ring (bicyclic) bond motifs is 1. The van der Waals surface area contributed by atoms with Crippen molar-refractivity contribution in [1.82, 2.24) is 15.3 Å². The molecule has 0 aliphatic carbocycles. The van der Waals surface area contributed by atoms with Gasteiger partial charge in [0.2, 0.25) is 0 Å². The van der Waals surface area contributed by atoms with Crippen molar-refractivity contribution >= 4 is 11.8 Å². The Hall–Kier alpha value is -1.65. The Labute approximate surface area is 69.2 Å². The van der Waals surface area contributed by atoms with Crippen molar-refractivity contribution in [1.29, 1.82) is 0 Å². The molecule has 0 bridgehead atoms. The van der Waals surface area contributed by atoms with Crippen LogP contribution in [-0.2, 0) is 6.54 Å². The smallest absolute Gasteiger partial charge is 0.320 e. The Morgan fingerprint density at radius 1 is 1.58 bits per heavy atom. The summed E-state index contributed by atoms with van der Waals surface area (Å²) in [6.45, 7) is 2.32. The Balaban J connectivity index is 2.43. The molecule has 1 aromatic heterocycles. The molecule has 1 aliphatic rings. The quantitative estimate of drug-likeness (QED) is 0.584. The summed E-state index contributed by atoms with van der Waals surface area (Å²) in [4.78, 5) is 19.1. The second-order valence-electron chi connectivity index (χ2n) is 2.61. The first-order valence-corrected chi connectivity index (χ1v) is 3.63. The molecule has 2 rings (SSSR count). The van der Waals surface area contributed by atoms with E-state index in [4.69, 9.17) is 0 Å². The normalized spacial score (nSPS) is 14.6. The highest BCUT2D eigenvalue weighted by atomic mass is 16.2. The molecule has 1 aromatic rings. The van der Waals surface area contributed by atoms with Gasteiger partial charge < -0.3 is 5.32 Å². The minimum absolute atomic E-state index is 0.222. The van der Waals surface area contributed by atoms with E-state index in [1.807, 2.05) is 6.92 Å². The molecule has 2 N–H and O–H groups in total. The second kappa shape index (κ2) is 2.44. The first kappa shape index (κ1) is 7.02. The minimum Gasteiger partial charge on any atom is -0.332 e. The van der Waals surface area contributed by atoms with Gasteiger partial charge in [-0.3, -0.25) is 10.3 Å². The van der Waals surface area contributed by atoms with Crippen LogP contribution in [0.15, 0.2) is 6.20 Å². The lowest BCUT2D eigenvalue weighted by Gasteiger charge is -2.15. The molecule has 0 spiro atoms. The molecule has 0 atom stereocenters. The van der Waals surface area contributed by atoms with Gasteiger partial charge in [-0.2, -0.15) is 0 Å². The monoisotopic (exact) mass is 164 g/mol. The zero-order valence-electron chi connectivity index (χ0n) is 6.59. The molecule has 2 amide bonds. The average Bonchev–Trinajstić information content (AvgIpc) is 2.05. The highest BCUT2D eigenvalue weighted by Crippen LogP contribution is 2.12. The number of carbonyl (C=O) groups is 1. The van der Waals surface area contributed by atoms with E-state index < -0.39 is 0 Å². The van der Waals surface area contributed by atoms with Crippen molar-refractivity contribution in [3.05, 3.63) is 17.6 Å². The van der Waals surface area contributed by atoms with Gasteiger partial charge in [-0.25, -0.2) is 9.78 Å². The fraction of sp³-hybridized carbons (Fsp3) is 0.286. The summed E-state index contributed by atoms with van der Waals surface area (Å²) in [6, 6.07) is -0.222. The summed E-state index contributed by atoms with van der Waals surface area (Å²) in [5.41, 5.74) is 1.64. The molecule has 2 heterocycles. The lowest BCUT2D eigenvalue weighted by Crippen LogP contribution is -2.34. The molecule has 12 heavy (non-hydrogen) atoms. The van der Waals surface area contributed by atoms with E-state index in [1.54, 1.807) is 6.20 Å². The third-order valence-electron chi connectivity index (χ3n) is 1.61. The SMILES string of the molecule is Cc1cnc2c(n1)CNC(=O)N2. The molecule has 1 aliphatic heterocycles. The standard InChI is InChI=1S/C7H8N4O/c1-4-2-8-6-5(10-4)3-9-7(12)11-6/h2H,3H2,1H3,(H2,8,9,11,12). The van der Waals surface area contributed by atoms with Crippen molar-refractivity contribution in [2.75, 3.05) is 5.32 Å². The third kappa shape index (κ3) is 1.09. The highest BCUT2D eigenvalue weighted by Gasteiger charge is 2.15. The third-order valence-corrected chi connectivity index (χ3v) is 1.61. The van der Waals surface area contributed by atoms with Crippen molar-refractivity contribution in [2.45, 2.75) is 13.5 Å². The van der Waals surface area contributed by atoms with Crippen molar-refractivity contribution in [3.8, 4) is 0 Å². The molecule has 0 radical (unpaired) electrons. The predicted octanol–water partition coefficient (Wildman–Crippen LogP) is 0.420. The molecule has 0 saturated heterocycles. The zero-order chi connectivity index (χ0) is 8.55. The Morgan fingerprint density at radius 2 is 2.42 bits per heavy atom. The van der Waals surface area contributed by atoms with Crippen LogP contribution in [0.4, 0.5) is 10.6 Å². The fourth-order valence-corrected chi connectivity index (χ4v) is 1.07. The van der Waals surface area contributed by atoms with E-state index >= 15 is 0 Å². The molecule has 5 heteroatoms. The maximum absolute atomic E-state index is 10.8. The average molecular weight is 164 g/mol. The van der Waals surface area contributed by atoms with Crippen LogP contribution in [0.1, 0.15) is 11.4 Å². The van der Waals surface area contributed by atoms with Crippen LogP contribution in [0.3, 0.4) is 0 Å². The van der Waals surface area contributed by atoms with E-state index in [-0.39, 0.29) is 6.03 Å². The summed E-state index contributed by atoms with van der Waals surface area (Å²) >= 11 is 0. The summed E-state index contributed by atoms with van der Waals surface area (Å²) in [5.74, 6) is 0.560. The maximum atomic E-state index is 10.8. The van der Waals surface area contributed by atoms with Crippen LogP contribution in [0.2, 0.25) is 0 Å². The molecular weight excluding hydrogens is 156 g/mol. The summed E-state index contributed by atoms with van der Waals surface area (Å²) in [7, 11) is 0. The summed E-state index contributed by atoms with van der Waals surface area (Å²) in [5, 5.41) is 5.18. The largest absolute Gasteiger partial charge is 0.332 e. The molecule has 0 unspecified atom stereocenters. The number of amides is 2. The van der Waals surface area contributed by atoms with Crippen LogP contribution in [0.5, 0.6) is 0 Å². The van der Waals surface area contributed by atoms with Crippen molar-refractivity contribution in [2.24, 2.45) is 0 Å². The van der Waals surface area contributed by atoms with E-state index in [0.717, 1.165) is 11.4 Å². The molecular formula is C7H8N4O. The van der Waals surface area contributed by atoms with E-state index in [9.17, 15) is 4.79 Å². The number of carbonyl (C=O) groups excluding carboxylic acids is 1. The second-order valence-corrected chi connectivity index (χ2v) is 2.61. The van der Waals surface area contributed by atoms with Crippen LogP contribution >= 0.6 is 0 Å². The van der Waals surface area contributed by atoms with Gasteiger partial charge in [-0.1, -0.05) is 0 Å². The van der Waals surface area contributed by atoms with Gasteiger partial charge in [0.15, 0.2) is 5.82 Å². The molecule has 0 saturated carbocycles. The first-order valence-electron chi connectivity index (χ1n) is 3.63. The van der Waals surface area contributed by atoms with Crippen molar-refractivity contribution < 1.29 is 4.79 Å². The fourth-order valence-electron chi connectivity index (χ4n) is 1.07. The van der Waals surface area contributed by atoms with E-state index in [0.29, 0.717) is 12.4 Å². The number of urea groups is 1. The van der Waals surface area contributed by atoms with Gasteiger partial charge in [-0.15, -0.1) is 0 Å². The van der Waals surface area contributed by atoms with E-state index in [1.165, 1.54) is 0 Å². The molecule has 0 aromatic carbocycles. The summed E-state index contributed by atoms with van der Waals surface area (Å²) in [6.07, 6.45) is 1.63. The lowest BCUT2D eigenvalue weighted by molar-refractivity contribution is 0.250. The first-order chi connectivity index (χ1) is 5.75. The van der Waals surface area contributed by atoms with E-state index in [2.05, 4.69) is 20.6 Å². The molecule has 0 fully saturated rings. The van der Waals surface area contributed by atoms with Gasteiger partial charge in [0.25, 0.3) is 0 Å². The number of aryl methyl sites for hydroxylation is 1.